The summed E-state index contributed by atoms with van der Waals surface area (Å²) in [6.45, 7) is 3.67. The molecule has 1 saturated heterocycles. The van der Waals surface area contributed by atoms with Gasteiger partial charge in [0.2, 0.25) is 5.91 Å². The van der Waals surface area contributed by atoms with E-state index in [2.05, 4.69) is 22.9 Å². The van der Waals surface area contributed by atoms with Crippen LogP contribution >= 0.6 is 11.3 Å². The van der Waals surface area contributed by atoms with Crippen molar-refractivity contribution in [2.24, 2.45) is 0 Å². The zero-order chi connectivity index (χ0) is 11.4. The fourth-order valence-corrected chi connectivity index (χ4v) is 2.88. The Balaban J connectivity index is 1.91. The summed E-state index contributed by atoms with van der Waals surface area (Å²) in [7, 11) is 0. The van der Waals surface area contributed by atoms with Crippen molar-refractivity contribution < 1.29 is 4.79 Å². The Morgan fingerprint density at radius 1 is 1.69 bits per heavy atom. The number of hydrogen-bond acceptors (Lipinski definition) is 3. The highest BCUT2D eigenvalue weighted by atomic mass is 32.1. The molecule has 88 valence electrons. The molecule has 0 spiro atoms. The third-order valence-corrected chi connectivity index (χ3v) is 4.05. The van der Waals surface area contributed by atoms with Gasteiger partial charge in [-0.15, -0.1) is 0 Å². The topological polar surface area (TPSA) is 41.1 Å². The van der Waals surface area contributed by atoms with Crippen molar-refractivity contribution in [1.82, 2.24) is 10.6 Å². The molecule has 3 nitrogen and oxygen atoms in total. The molecule has 1 atom stereocenters. The zero-order valence-electron chi connectivity index (χ0n) is 9.58. The number of amides is 1. The SMILES string of the molecule is CCC1(C(=O)NCc2ccsc2)CCCN1. The molecule has 1 amide bonds. The van der Waals surface area contributed by atoms with E-state index in [0.717, 1.165) is 25.8 Å². The molecule has 2 heterocycles. The standard InChI is InChI=1S/C12H18N2OS/c1-2-12(5-3-6-14-12)11(15)13-8-10-4-7-16-9-10/h4,7,9,14H,2-3,5-6,8H2,1H3,(H,13,15). The molecule has 1 aliphatic heterocycles. The lowest BCUT2D eigenvalue weighted by atomic mass is 9.93. The second kappa shape index (κ2) is 4.97. The van der Waals surface area contributed by atoms with Crippen molar-refractivity contribution in [3.05, 3.63) is 22.4 Å². The van der Waals surface area contributed by atoms with Crippen molar-refractivity contribution in [1.29, 1.82) is 0 Å². The molecular weight excluding hydrogens is 220 g/mol. The molecule has 2 N–H and O–H groups in total. The van der Waals surface area contributed by atoms with E-state index in [9.17, 15) is 4.79 Å². The highest BCUT2D eigenvalue weighted by Gasteiger charge is 2.38. The number of hydrogen-bond donors (Lipinski definition) is 2. The van der Waals surface area contributed by atoms with E-state index >= 15 is 0 Å². The normalized spacial score (nSPS) is 24.6. The van der Waals surface area contributed by atoms with Gasteiger partial charge in [0.25, 0.3) is 0 Å². The van der Waals surface area contributed by atoms with E-state index in [1.54, 1.807) is 11.3 Å². The minimum Gasteiger partial charge on any atom is -0.350 e. The Morgan fingerprint density at radius 3 is 3.12 bits per heavy atom. The first-order valence-electron chi connectivity index (χ1n) is 5.81. The third kappa shape index (κ3) is 2.28. The molecule has 0 aromatic carbocycles. The highest BCUT2D eigenvalue weighted by Crippen LogP contribution is 2.23. The Kier molecular flexibility index (Phi) is 3.61. The van der Waals surface area contributed by atoms with Gasteiger partial charge in [0.15, 0.2) is 0 Å². The van der Waals surface area contributed by atoms with Crippen LogP contribution in [0.4, 0.5) is 0 Å². The summed E-state index contributed by atoms with van der Waals surface area (Å²) in [5, 5.41) is 10.5. The molecule has 0 saturated carbocycles. The van der Waals surface area contributed by atoms with Crippen LogP contribution in [0, 0.1) is 0 Å². The zero-order valence-corrected chi connectivity index (χ0v) is 10.4. The van der Waals surface area contributed by atoms with Crippen LogP contribution in [0.15, 0.2) is 16.8 Å². The fourth-order valence-electron chi connectivity index (χ4n) is 2.21. The van der Waals surface area contributed by atoms with Crippen molar-refractivity contribution in [2.75, 3.05) is 6.54 Å². The summed E-state index contributed by atoms with van der Waals surface area (Å²) in [5.74, 6) is 0.152. The van der Waals surface area contributed by atoms with Gasteiger partial charge in [-0.05, 0) is 48.2 Å². The van der Waals surface area contributed by atoms with Crippen LogP contribution in [-0.4, -0.2) is 18.0 Å². The molecule has 4 heteroatoms. The van der Waals surface area contributed by atoms with Crippen LogP contribution in [0.5, 0.6) is 0 Å². The summed E-state index contributed by atoms with van der Waals surface area (Å²) >= 11 is 1.66. The Morgan fingerprint density at radius 2 is 2.56 bits per heavy atom. The van der Waals surface area contributed by atoms with Crippen LogP contribution in [-0.2, 0) is 11.3 Å². The summed E-state index contributed by atoms with van der Waals surface area (Å²) in [4.78, 5) is 12.1. The van der Waals surface area contributed by atoms with Gasteiger partial charge in [-0.2, -0.15) is 11.3 Å². The van der Waals surface area contributed by atoms with E-state index in [1.807, 2.05) is 11.4 Å². The minimum atomic E-state index is -0.310. The second-order valence-corrected chi connectivity index (χ2v) is 5.06. The maximum Gasteiger partial charge on any atom is 0.240 e. The lowest BCUT2D eigenvalue weighted by Gasteiger charge is -2.26. The third-order valence-electron chi connectivity index (χ3n) is 3.32. The predicted molar refractivity (Wildman–Crippen MR) is 66.4 cm³/mol. The second-order valence-electron chi connectivity index (χ2n) is 4.28. The van der Waals surface area contributed by atoms with Crippen LogP contribution in [0.1, 0.15) is 31.7 Å². The first-order valence-corrected chi connectivity index (χ1v) is 6.75. The van der Waals surface area contributed by atoms with Crippen LogP contribution < -0.4 is 10.6 Å². The number of nitrogens with one attached hydrogen (secondary N) is 2. The van der Waals surface area contributed by atoms with Crippen LogP contribution in [0.2, 0.25) is 0 Å². The van der Waals surface area contributed by atoms with Gasteiger partial charge in [0.05, 0.1) is 5.54 Å². The number of thiophene rings is 1. The lowest BCUT2D eigenvalue weighted by Crippen LogP contribution is -2.52. The molecule has 1 fully saturated rings. The van der Waals surface area contributed by atoms with Crippen molar-refractivity contribution in [2.45, 2.75) is 38.3 Å². The molecule has 1 unspecified atom stereocenters. The van der Waals surface area contributed by atoms with Gasteiger partial charge < -0.3 is 10.6 Å². The summed E-state index contributed by atoms with van der Waals surface area (Å²) in [5.41, 5.74) is 0.873. The molecule has 2 rings (SSSR count). The lowest BCUT2D eigenvalue weighted by molar-refractivity contribution is -0.127. The van der Waals surface area contributed by atoms with Crippen molar-refractivity contribution in [3.8, 4) is 0 Å². The minimum absolute atomic E-state index is 0.152. The van der Waals surface area contributed by atoms with Gasteiger partial charge in [0.1, 0.15) is 0 Å². The number of carbonyl (C=O) groups is 1. The average molecular weight is 238 g/mol. The molecule has 1 aromatic heterocycles. The molecule has 16 heavy (non-hydrogen) atoms. The number of rotatable bonds is 4. The first kappa shape index (κ1) is 11.6. The quantitative estimate of drug-likeness (QED) is 0.841. The van der Waals surface area contributed by atoms with Gasteiger partial charge in [-0.3, -0.25) is 4.79 Å². The van der Waals surface area contributed by atoms with Gasteiger partial charge in [0, 0.05) is 6.54 Å². The average Bonchev–Trinajstić information content (AvgIpc) is 2.97. The summed E-state index contributed by atoms with van der Waals surface area (Å²) < 4.78 is 0. The van der Waals surface area contributed by atoms with E-state index < -0.39 is 0 Å². The summed E-state index contributed by atoms with van der Waals surface area (Å²) in [6, 6.07) is 2.05. The Bertz CT molecular complexity index is 342. The van der Waals surface area contributed by atoms with Crippen LogP contribution in [0.3, 0.4) is 0 Å². The number of carbonyl (C=O) groups excluding carboxylic acids is 1. The first-order chi connectivity index (χ1) is 7.77. The fraction of sp³-hybridized carbons (Fsp3) is 0.583. The van der Waals surface area contributed by atoms with Crippen molar-refractivity contribution in [3.63, 3.8) is 0 Å². The Hall–Kier alpha value is -0.870. The molecule has 1 aliphatic rings. The predicted octanol–water partition coefficient (Wildman–Crippen LogP) is 1.90. The molecule has 0 radical (unpaired) electrons. The summed E-state index contributed by atoms with van der Waals surface area (Å²) in [6.07, 6.45) is 2.92. The maximum absolute atomic E-state index is 12.1. The Labute approximate surface area is 100 Å². The highest BCUT2D eigenvalue weighted by molar-refractivity contribution is 7.07. The monoisotopic (exact) mass is 238 g/mol. The molecule has 1 aromatic rings. The van der Waals surface area contributed by atoms with E-state index in [4.69, 9.17) is 0 Å². The molecular formula is C12H18N2OS. The van der Waals surface area contributed by atoms with E-state index in [1.165, 1.54) is 5.56 Å². The largest absolute Gasteiger partial charge is 0.350 e. The van der Waals surface area contributed by atoms with Gasteiger partial charge in [-0.1, -0.05) is 6.92 Å². The van der Waals surface area contributed by atoms with Gasteiger partial charge >= 0.3 is 0 Å². The van der Waals surface area contributed by atoms with Crippen LogP contribution in [0.25, 0.3) is 0 Å². The molecule has 0 bridgehead atoms. The van der Waals surface area contributed by atoms with E-state index in [-0.39, 0.29) is 11.4 Å². The molecule has 0 aliphatic carbocycles. The van der Waals surface area contributed by atoms with Crippen molar-refractivity contribution >= 4 is 17.2 Å². The maximum atomic E-state index is 12.1. The van der Waals surface area contributed by atoms with E-state index in [0.29, 0.717) is 6.54 Å². The smallest absolute Gasteiger partial charge is 0.240 e. The van der Waals surface area contributed by atoms with Gasteiger partial charge in [-0.25, -0.2) is 0 Å².